The lowest BCUT2D eigenvalue weighted by atomic mass is 9.98. The molecule has 0 fully saturated rings. The van der Waals surface area contributed by atoms with Gasteiger partial charge < -0.3 is 8.39 Å². The van der Waals surface area contributed by atoms with Crippen molar-refractivity contribution in [1.82, 2.24) is 0 Å². The van der Waals surface area contributed by atoms with Crippen molar-refractivity contribution in [3.05, 3.63) is 60.7 Å². The van der Waals surface area contributed by atoms with Crippen molar-refractivity contribution in [1.29, 1.82) is 0 Å². The minimum atomic E-state index is -1.41. The van der Waals surface area contributed by atoms with Crippen LogP contribution in [0, 0.1) is 0 Å². The number of nitrogens with zero attached hydrogens (tertiary/aromatic N) is 1. The molecule has 0 saturated heterocycles. The maximum absolute atomic E-state index is 7.40. The highest BCUT2D eigenvalue weighted by atomic mass is 32.3. The predicted octanol–water partition coefficient (Wildman–Crippen LogP) is 12.0. The van der Waals surface area contributed by atoms with Gasteiger partial charge >= 0.3 is 8.16 Å². The molecule has 228 valence electrons. The molecule has 5 aromatic rings. The summed E-state index contributed by atoms with van der Waals surface area (Å²) in [5.41, 5.74) is 2.11. The average molecular weight is 624 g/mol. The second-order valence-electron chi connectivity index (χ2n) is 12.3. The van der Waals surface area contributed by atoms with E-state index in [-0.39, 0.29) is 12.1 Å². The Kier molecular flexibility index (Phi) is 9.08. The molecular weight excluding hydrogens is 574 g/mol. The first-order chi connectivity index (χ1) is 20.0. The highest BCUT2D eigenvalue weighted by molar-refractivity contribution is 8.33. The van der Waals surface area contributed by atoms with Crippen LogP contribution >= 0.6 is 28.2 Å². The third-order valence-corrected chi connectivity index (χ3v) is 19.2. The van der Waals surface area contributed by atoms with E-state index in [9.17, 15) is 0 Å². The van der Waals surface area contributed by atoms with Gasteiger partial charge in [0.15, 0.2) is 11.2 Å². The summed E-state index contributed by atoms with van der Waals surface area (Å²) in [6.45, 7) is 18.5. The van der Waals surface area contributed by atoms with E-state index in [1.165, 1.54) is 42.1 Å². The van der Waals surface area contributed by atoms with Crippen molar-refractivity contribution in [2.24, 2.45) is 0 Å². The van der Waals surface area contributed by atoms with Gasteiger partial charge in [0.2, 0.25) is 0 Å². The third-order valence-electron chi connectivity index (χ3n) is 9.38. The summed E-state index contributed by atoms with van der Waals surface area (Å²) in [5, 5.41) is 7.52. The molecule has 1 heterocycles. The Labute approximate surface area is 257 Å². The van der Waals surface area contributed by atoms with E-state index >= 15 is 0 Å². The van der Waals surface area contributed by atoms with E-state index in [0.717, 1.165) is 34.2 Å². The van der Waals surface area contributed by atoms with Crippen molar-refractivity contribution in [2.75, 3.05) is 40.2 Å². The Balaban J connectivity index is 2.23. The lowest BCUT2D eigenvalue weighted by Crippen LogP contribution is -2.34. The molecule has 0 radical (unpaired) electrons. The van der Waals surface area contributed by atoms with Crippen LogP contribution in [-0.2, 0) is 0 Å². The highest BCUT2D eigenvalue weighted by Crippen LogP contribution is 2.60. The minimum Gasteiger partial charge on any atom is -0.407 e. The number of hydrogen-bond donors (Lipinski definition) is 0. The van der Waals surface area contributed by atoms with Crippen LogP contribution in [0.2, 0.25) is 0 Å². The lowest BCUT2D eigenvalue weighted by molar-refractivity contribution is 0.567. The molecule has 0 atom stereocenters. The van der Waals surface area contributed by atoms with Crippen LogP contribution in [0.15, 0.2) is 78.8 Å². The topological polar surface area (TPSA) is 29.5 Å². The Hall–Kier alpha value is -2.04. The van der Waals surface area contributed by atoms with Crippen LogP contribution in [0.4, 0.5) is 0 Å². The molecule has 0 bridgehead atoms. The molecule has 0 aliphatic rings. The van der Waals surface area contributed by atoms with Gasteiger partial charge in [-0.25, -0.2) is 20.1 Å². The van der Waals surface area contributed by atoms with Crippen molar-refractivity contribution >= 4 is 71.7 Å². The molecule has 1 aromatic heterocycles. The predicted molar refractivity (Wildman–Crippen MR) is 196 cm³/mol. The molecule has 4 aromatic carbocycles. The van der Waals surface area contributed by atoms with E-state index in [1.807, 2.05) is 0 Å². The van der Waals surface area contributed by atoms with Gasteiger partial charge in [-0.3, -0.25) is 0 Å². The van der Waals surface area contributed by atoms with Crippen LogP contribution < -0.4 is 4.67 Å². The molecule has 0 saturated carbocycles. The summed E-state index contributed by atoms with van der Waals surface area (Å²) in [6.07, 6.45) is 4.98. The van der Waals surface area contributed by atoms with Crippen molar-refractivity contribution in [3.63, 3.8) is 0 Å². The van der Waals surface area contributed by atoms with E-state index in [1.54, 1.807) is 0 Å². The fraction of sp³-hybridized carbons (Fsp3) is 0.444. The monoisotopic (exact) mass is 623 g/mol. The van der Waals surface area contributed by atoms with Crippen LogP contribution in [-0.4, -0.2) is 47.6 Å². The molecule has 0 spiro atoms. The second-order valence-corrected chi connectivity index (χ2v) is 21.9. The molecule has 0 aliphatic carbocycles. The fourth-order valence-electron chi connectivity index (χ4n) is 6.29. The second kappa shape index (κ2) is 12.2. The standard InChI is InChI=1S/C36H50NO2PS2/c1-11-41(9,12-2)31-23-27-19-15-17-21-29(27)33-34-30-22-18-16-20-28(30)24-32(42(10,13-3)14-4)36(34)39-40(38-35(31)33)37(25(5)6)26(7)8/h15-26H,11-14H2,1-10H3. The highest BCUT2D eigenvalue weighted by Gasteiger charge is 2.30. The zero-order valence-electron chi connectivity index (χ0n) is 27.3. The zero-order chi connectivity index (χ0) is 30.4. The number of fused-ring (bicyclic) bond motifs is 7. The summed E-state index contributed by atoms with van der Waals surface area (Å²) in [4.78, 5) is 2.77. The Bertz CT molecular complexity index is 1660. The number of rotatable bonds is 9. The first-order valence-electron chi connectivity index (χ1n) is 15.6. The quantitative estimate of drug-likeness (QED) is 0.164. The third kappa shape index (κ3) is 5.19. The summed E-state index contributed by atoms with van der Waals surface area (Å²) >= 11 is 0. The van der Waals surface area contributed by atoms with Gasteiger partial charge in [0.1, 0.15) is 0 Å². The molecule has 0 aliphatic heterocycles. The number of hydrogen-bond acceptors (Lipinski definition) is 3. The van der Waals surface area contributed by atoms with Crippen LogP contribution in [0.1, 0.15) is 55.4 Å². The fourth-order valence-corrected chi connectivity index (χ4v) is 12.1. The van der Waals surface area contributed by atoms with Gasteiger partial charge in [-0.05, 0) is 96.9 Å². The summed E-state index contributed by atoms with van der Waals surface area (Å²) < 4.78 is 17.3. The van der Waals surface area contributed by atoms with Crippen molar-refractivity contribution < 1.29 is 8.39 Å². The molecule has 0 unspecified atom stereocenters. The van der Waals surface area contributed by atoms with Gasteiger partial charge in [0.25, 0.3) is 0 Å². The molecule has 6 heteroatoms. The first-order valence-corrected chi connectivity index (χ1v) is 21.5. The summed E-state index contributed by atoms with van der Waals surface area (Å²) in [6, 6.07) is 23.3. The van der Waals surface area contributed by atoms with Gasteiger partial charge in [0, 0.05) is 32.6 Å². The maximum Gasteiger partial charge on any atom is 0.310 e. The Morgan fingerprint density at radius 1 is 0.619 bits per heavy atom. The molecule has 5 rings (SSSR count). The molecule has 0 amide bonds. The van der Waals surface area contributed by atoms with Crippen LogP contribution in [0.3, 0.4) is 0 Å². The molecule has 42 heavy (non-hydrogen) atoms. The first kappa shape index (κ1) is 31.4. The lowest BCUT2D eigenvalue weighted by Gasteiger charge is -2.35. The number of benzene rings is 4. The SMILES string of the molecule is CCS(C)(CC)c1cc2ccccc2c2c1op(N(C(C)C)C(C)C)oc1c(S(C)(CC)CC)cc3ccccc3c12. The van der Waals surface area contributed by atoms with Crippen molar-refractivity contribution in [3.8, 4) is 0 Å². The molecular formula is C36H50NO2PS2. The minimum absolute atomic E-state index is 0.279. The summed E-state index contributed by atoms with van der Waals surface area (Å²) in [5.74, 6) is 4.48. The average Bonchev–Trinajstić information content (AvgIpc) is 3.16. The van der Waals surface area contributed by atoms with E-state index in [2.05, 4.69) is 133 Å². The van der Waals surface area contributed by atoms with Gasteiger partial charge in [-0.15, -0.1) is 0 Å². The van der Waals surface area contributed by atoms with Crippen LogP contribution in [0.25, 0.3) is 43.5 Å². The van der Waals surface area contributed by atoms with Gasteiger partial charge in [-0.1, -0.05) is 76.2 Å². The van der Waals surface area contributed by atoms with E-state index in [4.69, 9.17) is 8.39 Å². The largest absolute Gasteiger partial charge is 0.407 e. The Morgan fingerprint density at radius 3 is 1.31 bits per heavy atom. The van der Waals surface area contributed by atoms with Gasteiger partial charge in [0.05, 0.1) is 0 Å². The molecule has 0 N–H and O–H groups in total. The normalized spacial score (nSPS) is 13.8. The summed E-state index contributed by atoms with van der Waals surface area (Å²) in [7, 11) is -3.65. The molecule has 3 nitrogen and oxygen atoms in total. The van der Waals surface area contributed by atoms with Crippen LogP contribution in [0.5, 0.6) is 0 Å². The maximum atomic E-state index is 7.40. The smallest absolute Gasteiger partial charge is 0.310 e. The zero-order valence-corrected chi connectivity index (χ0v) is 29.8. The van der Waals surface area contributed by atoms with E-state index in [0.29, 0.717) is 0 Å². The van der Waals surface area contributed by atoms with E-state index < -0.39 is 28.2 Å². The van der Waals surface area contributed by atoms with Crippen molar-refractivity contribution in [2.45, 2.75) is 77.3 Å². The van der Waals surface area contributed by atoms with Gasteiger partial charge in [-0.2, -0.15) is 4.67 Å². The Morgan fingerprint density at radius 2 is 0.976 bits per heavy atom.